The second-order valence-corrected chi connectivity index (χ2v) is 5.56. The fourth-order valence-corrected chi connectivity index (χ4v) is 3.84. The maximum atomic E-state index is 2.45. The molecule has 2 aliphatic heterocycles. The van der Waals surface area contributed by atoms with Gasteiger partial charge in [-0.1, -0.05) is 30.4 Å². The molecule has 0 spiro atoms. The third-order valence-corrected chi connectivity index (χ3v) is 4.64. The van der Waals surface area contributed by atoms with Gasteiger partial charge in [-0.2, -0.15) is 0 Å². The van der Waals surface area contributed by atoms with E-state index < -0.39 is 0 Å². The zero-order valence-electron chi connectivity index (χ0n) is 10.7. The first-order valence-corrected chi connectivity index (χ1v) is 6.79. The Balaban J connectivity index is 1.89. The number of para-hydroxylation sites is 1. The van der Waals surface area contributed by atoms with Crippen molar-refractivity contribution in [3.05, 3.63) is 54.4 Å². The second kappa shape index (κ2) is 3.64. The van der Waals surface area contributed by atoms with Crippen LogP contribution in [0.2, 0.25) is 0 Å². The van der Waals surface area contributed by atoms with Crippen LogP contribution in [0.15, 0.2) is 48.8 Å². The summed E-state index contributed by atoms with van der Waals surface area (Å²) in [6.45, 7) is 0. The molecule has 2 heteroatoms. The molecule has 0 aromatic heterocycles. The Bertz CT molecular complexity index is 532. The molecule has 0 radical (unpaired) electrons. The van der Waals surface area contributed by atoms with E-state index in [-0.39, 0.29) is 0 Å². The molecule has 3 unspecified atom stereocenters. The van der Waals surface area contributed by atoms with Gasteiger partial charge in [0.05, 0.1) is 0 Å². The molecular weight excluding hydrogens is 220 g/mol. The molecule has 1 aromatic rings. The van der Waals surface area contributed by atoms with E-state index in [0.29, 0.717) is 18.0 Å². The van der Waals surface area contributed by atoms with Crippen molar-refractivity contribution in [1.29, 1.82) is 0 Å². The lowest BCUT2D eigenvalue weighted by Gasteiger charge is -2.47. The predicted molar refractivity (Wildman–Crippen MR) is 74.2 cm³/mol. The molecule has 0 N–H and O–H groups in total. The van der Waals surface area contributed by atoms with Crippen molar-refractivity contribution in [2.24, 2.45) is 5.92 Å². The fourth-order valence-electron chi connectivity index (χ4n) is 3.84. The molecule has 1 aliphatic carbocycles. The third-order valence-electron chi connectivity index (χ3n) is 4.64. The lowest BCUT2D eigenvalue weighted by Crippen LogP contribution is -2.48. The van der Waals surface area contributed by atoms with Crippen molar-refractivity contribution in [1.82, 2.24) is 4.90 Å². The van der Waals surface area contributed by atoms with Crippen molar-refractivity contribution in [2.75, 3.05) is 11.9 Å². The van der Waals surface area contributed by atoms with E-state index in [2.05, 4.69) is 65.7 Å². The molecule has 1 aromatic carbocycles. The number of rotatable bonds is 0. The van der Waals surface area contributed by atoms with E-state index in [0.717, 1.165) is 0 Å². The molecule has 2 nitrogen and oxygen atoms in total. The quantitative estimate of drug-likeness (QED) is 0.640. The van der Waals surface area contributed by atoms with Crippen LogP contribution in [-0.4, -0.2) is 18.1 Å². The number of nitrogens with zero attached hydrogens (tertiary/aromatic N) is 2. The van der Waals surface area contributed by atoms with Gasteiger partial charge in [0.15, 0.2) is 0 Å². The van der Waals surface area contributed by atoms with E-state index in [1.54, 1.807) is 0 Å². The van der Waals surface area contributed by atoms with Crippen molar-refractivity contribution in [3.63, 3.8) is 0 Å². The molecule has 18 heavy (non-hydrogen) atoms. The van der Waals surface area contributed by atoms with Crippen molar-refractivity contribution < 1.29 is 0 Å². The molecule has 0 fully saturated rings. The second-order valence-electron chi connectivity index (χ2n) is 5.56. The molecule has 0 bridgehead atoms. The van der Waals surface area contributed by atoms with E-state index in [1.165, 1.54) is 24.1 Å². The number of hydrogen-bond acceptors (Lipinski definition) is 2. The average molecular weight is 238 g/mol. The normalized spacial score (nSPS) is 32.2. The summed E-state index contributed by atoms with van der Waals surface area (Å²) in [5, 5.41) is 0. The average Bonchev–Trinajstić information content (AvgIpc) is 2.82. The van der Waals surface area contributed by atoms with Crippen LogP contribution in [0.25, 0.3) is 0 Å². The lowest BCUT2D eigenvalue weighted by atomic mass is 9.73. The number of benzene rings is 1. The Labute approximate surface area is 108 Å². The van der Waals surface area contributed by atoms with Gasteiger partial charge in [0.1, 0.15) is 6.17 Å². The van der Waals surface area contributed by atoms with Gasteiger partial charge >= 0.3 is 0 Å². The summed E-state index contributed by atoms with van der Waals surface area (Å²) < 4.78 is 0. The predicted octanol–water partition coefficient (Wildman–Crippen LogP) is 3.30. The highest BCUT2D eigenvalue weighted by Crippen LogP contribution is 2.49. The Morgan fingerprint density at radius 1 is 1.06 bits per heavy atom. The summed E-state index contributed by atoms with van der Waals surface area (Å²) >= 11 is 0. The van der Waals surface area contributed by atoms with Gasteiger partial charge < -0.3 is 9.80 Å². The van der Waals surface area contributed by atoms with E-state index in [1.807, 2.05) is 0 Å². The van der Waals surface area contributed by atoms with Crippen molar-refractivity contribution >= 4 is 5.69 Å². The number of allylic oxidation sites excluding steroid dienone is 2. The molecule has 3 aliphatic rings. The number of fused-ring (bicyclic) bond motifs is 6. The fraction of sp³-hybridized carbons (Fsp3) is 0.375. The standard InChI is InChI=1S/C16H18N2/c1-17-10-11-18-15-9-5-4-7-13(15)12-6-2-3-8-14(12)16(17)18/h2-5,7,9-12,14,16H,6,8H2,1H3. The van der Waals surface area contributed by atoms with Crippen LogP contribution in [0.4, 0.5) is 5.69 Å². The summed E-state index contributed by atoms with van der Waals surface area (Å²) in [4.78, 5) is 4.82. The number of hydrogen-bond donors (Lipinski definition) is 0. The summed E-state index contributed by atoms with van der Waals surface area (Å²) in [5.74, 6) is 1.40. The Morgan fingerprint density at radius 2 is 1.89 bits per heavy atom. The zero-order chi connectivity index (χ0) is 12.1. The Kier molecular flexibility index (Phi) is 2.07. The molecule has 92 valence electrons. The number of anilines is 1. The lowest BCUT2D eigenvalue weighted by molar-refractivity contribution is 0.208. The minimum Gasteiger partial charge on any atom is -0.358 e. The van der Waals surface area contributed by atoms with Crippen LogP contribution in [0, 0.1) is 5.92 Å². The molecule has 0 amide bonds. The smallest absolute Gasteiger partial charge is 0.109 e. The first kappa shape index (κ1) is 10.2. The van der Waals surface area contributed by atoms with Crippen molar-refractivity contribution in [2.45, 2.75) is 24.9 Å². The highest BCUT2D eigenvalue weighted by molar-refractivity contribution is 5.62. The van der Waals surface area contributed by atoms with E-state index >= 15 is 0 Å². The Hall–Kier alpha value is -1.70. The van der Waals surface area contributed by atoms with Gasteiger partial charge in [-0.05, 0) is 30.4 Å². The molecule has 0 saturated heterocycles. The maximum Gasteiger partial charge on any atom is 0.109 e. The summed E-state index contributed by atoms with van der Waals surface area (Å²) in [6, 6.07) is 8.91. The molecule has 0 saturated carbocycles. The SMILES string of the molecule is CN1C=CN2c3ccccc3C3CC=CCC3C12. The van der Waals surface area contributed by atoms with Crippen LogP contribution >= 0.6 is 0 Å². The van der Waals surface area contributed by atoms with Crippen LogP contribution in [-0.2, 0) is 0 Å². The van der Waals surface area contributed by atoms with Gasteiger partial charge in [0.2, 0.25) is 0 Å². The maximum absolute atomic E-state index is 2.45. The summed E-state index contributed by atoms with van der Waals surface area (Å²) in [7, 11) is 2.20. The minimum atomic E-state index is 0.509. The third kappa shape index (κ3) is 1.23. The van der Waals surface area contributed by atoms with Crippen LogP contribution in [0.3, 0.4) is 0 Å². The Morgan fingerprint density at radius 3 is 2.83 bits per heavy atom. The first-order chi connectivity index (χ1) is 8.86. The molecule has 4 rings (SSSR count). The van der Waals surface area contributed by atoms with Crippen molar-refractivity contribution in [3.8, 4) is 0 Å². The van der Waals surface area contributed by atoms with Crippen LogP contribution in [0.5, 0.6) is 0 Å². The molecular formula is C16H18N2. The summed E-state index contributed by atoms with van der Waals surface area (Å²) in [6.07, 6.45) is 12.1. The minimum absolute atomic E-state index is 0.509. The van der Waals surface area contributed by atoms with Gasteiger partial charge in [-0.15, -0.1) is 0 Å². The van der Waals surface area contributed by atoms with Gasteiger partial charge in [0.25, 0.3) is 0 Å². The van der Waals surface area contributed by atoms with Gasteiger partial charge in [0, 0.05) is 31.1 Å². The van der Waals surface area contributed by atoms with Gasteiger partial charge in [-0.25, -0.2) is 0 Å². The first-order valence-electron chi connectivity index (χ1n) is 6.79. The van der Waals surface area contributed by atoms with Crippen LogP contribution < -0.4 is 4.90 Å². The topological polar surface area (TPSA) is 6.48 Å². The highest BCUT2D eigenvalue weighted by atomic mass is 15.4. The zero-order valence-corrected chi connectivity index (χ0v) is 10.7. The molecule has 2 heterocycles. The van der Waals surface area contributed by atoms with E-state index in [9.17, 15) is 0 Å². The largest absolute Gasteiger partial charge is 0.358 e. The summed E-state index contributed by atoms with van der Waals surface area (Å²) in [5.41, 5.74) is 2.93. The highest BCUT2D eigenvalue weighted by Gasteiger charge is 2.43. The van der Waals surface area contributed by atoms with Crippen LogP contribution in [0.1, 0.15) is 24.3 Å². The molecule has 3 atom stereocenters. The van der Waals surface area contributed by atoms with Gasteiger partial charge in [-0.3, -0.25) is 0 Å². The van der Waals surface area contributed by atoms with E-state index in [4.69, 9.17) is 0 Å². The monoisotopic (exact) mass is 238 g/mol.